The van der Waals surface area contributed by atoms with Crippen LogP contribution in [0.15, 0.2) is 30.3 Å². The Labute approximate surface area is 115 Å². The third-order valence-corrected chi connectivity index (χ3v) is 5.33. The van der Waals surface area contributed by atoms with Gasteiger partial charge in [-0.05, 0) is 31.2 Å². The summed E-state index contributed by atoms with van der Waals surface area (Å²) in [6.45, 7) is 0. The lowest BCUT2D eigenvalue weighted by Crippen LogP contribution is -2.45. The fourth-order valence-electron chi connectivity index (χ4n) is 4.46. The number of nitrogens with zero attached hydrogens (tertiary/aromatic N) is 1. The Kier molecular flexibility index (Phi) is 2.89. The molecular weight excluding hydrogens is 234 g/mol. The second kappa shape index (κ2) is 4.60. The van der Waals surface area contributed by atoms with Crippen molar-refractivity contribution in [3.63, 3.8) is 0 Å². The maximum absolute atomic E-state index is 6.22. The smallest absolute Gasteiger partial charge is 0.0831 e. The van der Waals surface area contributed by atoms with Crippen LogP contribution in [0, 0.1) is 0 Å². The summed E-state index contributed by atoms with van der Waals surface area (Å²) in [6, 6.07) is 11.4. The molecule has 2 bridgehead atoms. The third kappa shape index (κ3) is 1.93. The van der Waals surface area contributed by atoms with E-state index in [1.54, 1.807) is 0 Å². The van der Waals surface area contributed by atoms with Crippen LogP contribution in [0.3, 0.4) is 0 Å². The Balaban J connectivity index is 1.63. The first-order valence-electron chi connectivity index (χ1n) is 7.88. The van der Waals surface area contributed by atoms with Crippen molar-refractivity contribution >= 4 is 0 Å². The lowest BCUT2D eigenvalue weighted by Gasteiger charge is -2.41. The van der Waals surface area contributed by atoms with E-state index in [-0.39, 0.29) is 0 Å². The molecule has 1 aliphatic carbocycles. The summed E-state index contributed by atoms with van der Waals surface area (Å²) in [5.41, 5.74) is 1.80. The molecule has 1 unspecified atom stereocenters. The molecule has 0 N–H and O–H groups in total. The van der Waals surface area contributed by atoms with Crippen LogP contribution in [-0.2, 0) is 4.84 Å². The Morgan fingerprint density at radius 2 is 1.74 bits per heavy atom. The number of hydroxylamine groups is 2. The second-order valence-electron chi connectivity index (χ2n) is 6.56. The molecule has 3 atom stereocenters. The van der Waals surface area contributed by atoms with E-state index in [0.717, 1.165) is 0 Å². The SMILES string of the molecule is c1ccc([C@H]2C[C@@H]3CC4(CCCCCC4)N2O3)cc1. The van der Waals surface area contributed by atoms with Gasteiger partial charge in [0.1, 0.15) is 0 Å². The lowest BCUT2D eigenvalue weighted by atomic mass is 9.79. The Hall–Kier alpha value is -0.860. The van der Waals surface area contributed by atoms with Crippen LogP contribution < -0.4 is 0 Å². The minimum atomic E-state index is 0.361. The van der Waals surface area contributed by atoms with Gasteiger partial charge >= 0.3 is 0 Å². The number of fused-ring (bicyclic) bond motifs is 3. The molecule has 0 aromatic heterocycles. The van der Waals surface area contributed by atoms with Gasteiger partial charge in [-0.1, -0.05) is 56.0 Å². The zero-order valence-corrected chi connectivity index (χ0v) is 11.6. The van der Waals surface area contributed by atoms with Crippen molar-refractivity contribution in [2.75, 3.05) is 0 Å². The van der Waals surface area contributed by atoms with Gasteiger partial charge in [0.2, 0.25) is 0 Å². The highest BCUT2D eigenvalue weighted by Gasteiger charge is 2.55. The number of benzene rings is 1. The molecular formula is C17H23NO. The van der Waals surface area contributed by atoms with Crippen molar-refractivity contribution in [1.29, 1.82) is 0 Å². The zero-order chi connectivity index (χ0) is 12.7. The number of hydrogen-bond acceptors (Lipinski definition) is 2. The third-order valence-electron chi connectivity index (χ3n) is 5.33. The molecule has 0 radical (unpaired) electrons. The Bertz CT molecular complexity index is 436. The fourth-order valence-corrected chi connectivity index (χ4v) is 4.46. The van der Waals surface area contributed by atoms with Crippen LogP contribution in [0.25, 0.3) is 0 Å². The van der Waals surface area contributed by atoms with Crippen LogP contribution in [-0.4, -0.2) is 16.7 Å². The summed E-state index contributed by atoms with van der Waals surface area (Å²) >= 11 is 0. The Morgan fingerprint density at radius 1 is 1.00 bits per heavy atom. The molecule has 2 heterocycles. The molecule has 2 heteroatoms. The minimum absolute atomic E-state index is 0.361. The van der Waals surface area contributed by atoms with E-state index in [9.17, 15) is 0 Å². The van der Waals surface area contributed by atoms with Gasteiger partial charge in [0.05, 0.1) is 12.1 Å². The molecule has 19 heavy (non-hydrogen) atoms. The van der Waals surface area contributed by atoms with Gasteiger partial charge in [0.15, 0.2) is 0 Å². The average molecular weight is 257 g/mol. The predicted molar refractivity (Wildman–Crippen MR) is 75.6 cm³/mol. The molecule has 2 saturated heterocycles. The average Bonchev–Trinajstić information content (AvgIpc) is 2.93. The maximum atomic E-state index is 6.22. The van der Waals surface area contributed by atoms with Crippen LogP contribution in [0.1, 0.15) is 63.0 Å². The molecule has 1 spiro atoms. The summed E-state index contributed by atoms with van der Waals surface area (Å²) in [5.74, 6) is 0. The van der Waals surface area contributed by atoms with E-state index in [4.69, 9.17) is 4.84 Å². The summed E-state index contributed by atoms with van der Waals surface area (Å²) in [7, 11) is 0. The van der Waals surface area contributed by atoms with E-state index in [2.05, 4.69) is 35.4 Å². The van der Waals surface area contributed by atoms with Gasteiger partial charge in [0.25, 0.3) is 0 Å². The van der Waals surface area contributed by atoms with E-state index >= 15 is 0 Å². The zero-order valence-electron chi connectivity index (χ0n) is 11.6. The van der Waals surface area contributed by atoms with E-state index in [0.29, 0.717) is 17.7 Å². The first-order valence-corrected chi connectivity index (χ1v) is 7.88. The maximum Gasteiger partial charge on any atom is 0.0831 e. The predicted octanol–water partition coefficient (Wildman–Crippen LogP) is 4.23. The number of piperidine rings is 1. The fraction of sp³-hybridized carbons (Fsp3) is 0.647. The monoisotopic (exact) mass is 257 g/mol. The summed E-state index contributed by atoms with van der Waals surface area (Å²) < 4.78 is 0. The van der Waals surface area contributed by atoms with Gasteiger partial charge in [-0.2, -0.15) is 5.06 Å². The molecule has 102 valence electrons. The van der Waals surface area contributed by atoms with E-state index < -0.39 is 0 Å². The van der Waals surface area contributed by atoms with Crippen molar-refractivity contribution in [2.45, 2.75) is 69.1 Å². The Morgan fingerprint density at radius 3 is 2.42 bits per heavy atom. The molecule has 2 nitrogen and oxygen atoms in total. The summed E-state index contributed by atoms with van der Waals surface area (Å²) in [4.78, 5) is 6.22. The normalized spacial score (nSPS) is 36.5. The summed E-state index contributed by atoms with van der Waals surface area (Å²) in [5, 5.41) is 2.42. The van der Waals surface area contributed by atoms with Crippen molar-refractivity contribution in [3.05, 3.63) is 35.9 Å². The van der Waals surface area contributed by atoms with Crippen LogP contribution in [0.2, 0.25) is 0 Å². The highest BCUT2D eigenvalue weighted by atomic mass is 16.7. The van der Waals surface area contributed by atoms with Crippen molar-refractivity contribution in [2.24, 2.45) is 0 Å². The molecule has 1 aromatic rings. The van der Waals surface area contributed by atoms with Gasteiger partial charge in [-0.25, -0.2) is 0 Å². The van der Waals surface area contributed by atoms with Crippen LogP contribution >= 0.6 is 0 Å². The molecule has 1 aromatic carbocycles. The van der Waals surface area contributed by atoms with E-state index in [1.165, 1.54) is 56.9 Å². The number of rotatable bonds is 1. The standard InChI is InChI=1S/C17H23NO/c1-2-7-11-17(10-6-1)13-15-12-16(18(17)19-15)14-8-4-3-5-9-14/h3-5,8-9,15-16H,1-2,6-7,10-13H2/t15-,16-/m1/s1. The van der Waals surface area contributed by atoms with Crippen molar-refractivity contribution in [3.8, 4) is 0 Å². The first-order chi connectivity index (χ1) is 9.37. The van der Waals surface area contributed by atoms with Gasteiger partial charge in [-0.15, -0.1) is 0 Å². The highest BCUT2D eigenvalue weighted by Crippen LogP contribution is 2.53. The van der Waals surface area contributed by atoms with Gasteiger partial charge < -0.3 is 0 Å². The van der Waals surface area contributed by atoms with Gasteiger partial charge in [0, 0.05) is 5.54 Å². The van der Waals surface area contributed by atoms with Crippen molar-refractivity contribution < 1.29 is 4.84 Å². The van der Waals surface area contributed by atoms with Crippen LogP contribution in [0.5, 0.6) is 0 Å². The summed E-state index contributed by atoms with van der Waals surface area (Å²) in [6.07, 6.45) is 11.2. The topological polar surface area (TPSA) is 12.5 Å². The van der Waals surface area contributed by atoms with Gasteiger partial charge in [-0.3, -0.25) is 4.84 Å². The first kappa shape index (κ1) is 11.9. The largest absolute Gasteiger partial charge is 0.294 e. The van der Waals surface area contributed by atoms with E-state index in [1.807, 2.05) is 0 Å². The molecule has 1 saturated carbocycles. The second-order valence-corrected chi connectivity index (χ2v) is 6.56. The van der Waals surface area contributed by atoms with Crippen molar-refractivity contribution in [1.82, 2.24) is 5.06 Å². The minimum Gasteiger partial charge on any atom is -0.294 e. The molecule has 0 amide bonds. The highest BCUT2D eigenvalue weighted by molar-refractivity contribution is 5.22. The quantitative estimate of drug-likeness (QED) is 0.746. The lowest BCUT2D eigenvalue weighted by molar-refractivity contribution is -0.171. The molecule has 4 rings (SSSR count). The molecule has 2 aliphatic heterocycles. The van der Waals surface area contributed by atoms with Crippen LogP contribution in [0.4, 0.5) is 0 Å². The molecule has 3 fully saturated rings. The molecule has 3 aliphatic rings. The number of hydrogen-bond donors (Lipinski definition) is 0.